The van der Waals surface area contributed by atoms with Gasteiger partial charge in [0.15, 0.2) is 0 Å². The number of unbranched alkanes of at least 4 members (excludes halogenated alkanes) is 3. The van der Waals surface area contributed by atoms with Crippen molar-refractivity contribution in [1.82, 2.24) is 5.32 Å². The third-order valence-corrected chi connectivity index (χ3v) is 2.35. The molecule has 0 saturated carbocycles. The summed E-state index contributed by atoms with van der Waals surface area (Å²) in [6, 6.07) is -0.504. The van der Waals surface area contributed by atoms with Crippen molar-refractivity contribution in [2.75, 3.05) is 6.61 Å². The molecule has 0 aromatic rings. The predicted molar refractivity (Wildman–Crippen MR) is 67.5 cm³/mol. The maximum Gasteiger partial charge on any atom is 0.328 e. The molecule has 1 N–H and O–H groups in total. The molecule has 1 atom stereocenters. The highest BCUT2D eigenvalue weighted by Gasteiger charge is 2.19. The lowest BCUT2D eigenvalue weighted by molar-refractivity contribution is -0.147. The molecular formula is C13H23NO3. The third-order valence-electron chi connectivity index (χ3n) is 2.35. The molecule has 0 aliphatic carbocycles. The van der Waals surface area contributed by atoms with Gasteiger partial charge in [-0.05, 0) is 26.2 Å². The van der Waals surface area contributed by atoms with E-state index >= 15 is 0 Å². The van der Waals surface area contributed by atoms with E-state index in [0.717, 1.165) is 25.7 Å². The predicted octanol–water partition coefficient (Wildman–Crippen LogP) is 2.19. The Morgan fingerprint density at radius 1 is 1.35 bits per heavy atom. The first-order chi connectivity index (χ1) is 8.11. The van der Waals surface area contributed by atoms with Crippen LogP contribution in [0.1, 0.15) is 46.0 Å². The van der Waals surface area contributed by atoms with Crippen LogP contribution in [0.15, 0.2) is 12.7 Å². The number of amides is 1. The van der Waals surface area contributed by atoms with Crippen LogP contribution >= 0.6 is 0 Å². The van der Waals surface area contributed by atoms with E-state index < -0.39 is 6.04 Å². The first-order valence-electron chi connectivity index (χ1n) is 6.16. The van der Waals surface area contributed by atoms with E-state index in [1.54, 1.807) is 6.92 Å². The Morgan fingerprint density at radius 2 is 2.06 bits per heavy atom. The average Bonchev–Trinajstić information content (AvgIpc) is 2.27. The van der Waals surface area contributed by atoms with Crippen molar-refractivity contribution in [1.29, 1.82) is 0 Å². The van der Waals surface area contributed by atoms with Gasteiger partial charge in [-0.3, -0.25) is 4.79 Å². The van der Waals surface area contributed by atoms with E-state index in [9.17, 15) is 9.59 Å². The molecule has 0 bridgehead atoms. The van der Waals surface area contributed by atoms with Crippen LogP contribution in [0.2, 0.25) is 0 Å². The molecule has 17 heavy (non-hydrogen) atoms. The van der Waals surface area contributed by atoms with E-state index in [2.05, 4.69) is 11.9 Å². The van der Waals surface area contributed by atoms with Gasteiger partial charge < -0.3 is 10.1 Å². The molecule has 0 spiro atoms. The molecule has 4 heteroatoms. The van der Waals surface area contributed by atoms with Crippen molar-refractivity contribution in [3.63, 3.8) is 0 Å². The minimum absolute atomic E-state index is 0.200. The van der Waals surface area contributed by atoms with Crippen LogP contribution in [0, 0.1) is 0 Å². The zero-order valence-corrected chi connectivity index (χ0v) is 10.8. The molecule has 0 rings (SSSR count). The van der Waals surface area contributed by atoms with Gasteiger partial charge in [0.2, 0.25) is 5.91 Å². The summed E-state index contributed by atoms with van der Waals surface area (Å²) in [4.78, 5) is 22.5. The van der Waals surface area contributed by atoms with Crippen LogP contribution in [-0.4, -0.2) is 24.5 Å². The summed E-state index contributed by atoms with van der Waals surface area (Å²) in [5.74, 6) is -0.541. The molecule has 0 aromatic carbocycles. The van der Waals surface area contributed by atoms with Crippen LogP contribution in [0.4, 0.5) is 0 Å². The Balaban J connectivity index is 3.96. The zero-order valence-electron chi connectivity index (χ0n) is 10.8. The van der Waals surface area contributed by atoms with Gasteiger partial charge in [-0.2, -0.15) is 0 Å². The molecule has 0 saturated heterocycles. The summed E-state index contributed by atoms with van der Waals surface area (Å²) in [6.45, 7) is 7.16. The zero-order chi connectivity index (χ0) is 13.1. The number of ether oxygens (including phenoxy) is 1. The average molecular weight is 241 g/mol. The van der Waals surface area contributed by atoms with Crippen molar-refractivity contribution in [2.24, 2.45) is 0 Å². The molecule has 0 heterocycles. The summed E-state index contributed by atoms with van der Waals surface area (Å²) >= 11 is 0. The molecule has 0 aromatic heterocycles. The molecule has 0 fully saturated rings. The van der Waals surface area contributed by atoms with Crippen molar-refractivity contribution in [3.05, 3.63) is 12.7 Å². The summed E-state index contributed by atoms with van der Waals surface area (Å²) in [7, 11) is 0. The largest absolute Gasteiger partial charge is 0.464 e. The lowest BCUT2D eigenvalue weighted by atomic mass is 10.1. The fraction of sp³-hybridized carbons (Fsp3) is 0.692. The molecule has 4 nitrogen and oxygen atoms in total. The Kier molecular flexibility index (Phi) is 9.11. The molecular weight excluding hydrogens is 218 g/mol. The van der Waals surface area contributed by atoms with Gasteiger partial charge in [0.1, 0.15) is 6.04 Å². The van der Waals surface area contributed by atoms with Crippen molar-refractivity contribution in [2.45, 2.75) is 52.0 Å². The van der Waals surface area contributed by atoms with E-state index in [-0.39, 0.29) is 11.9 Å². The normalized spacial score (nSPS) is 11.6. The summed E-state index contributed by atoms with van der Waals surface area (Å²) in [5.41, 5.74) is 0. The lowest BCUT2D eigenvalue weighted by Crippen LogP contribution is -2.40. The SMILES string of the molecule is C=CCCCCC[C@@H](NC(C)=O)C(=O)OCC. The number of allylic oxidation sites excluding steroid dienone is 1. The fourth-order valence-electron chi connectivity index (χ4n) is 1.55. The number of esters is 1. The van der Waals surface area contributed by atoms with Crippen LogP contribution < -0.4 is 5.32 Å². The quantitative estimate of drug-likeness (QED) is 0.382. The van der Waals surface area contributed by atoms with Crippen LogP contribution in [0.5, 0.6) is 0 Å². The van der Waals surface area contributed by atoms with Crippen molar-refractivity contribution >= 4 is 11.9 Å². The number of hydrogen-bond donors (Lipinski definition) is 1. The second-order valence-electron chi connectivity index (χ2n) is 3.93. The Hall–Kier alpha value is -1.32. The van der Waals surface area contributed by atoms with Crippen molar-refractivity contribution < 1.29 is 14.3 Å². The second kappa shape index (κ2) is 9.87. The first-order valence-corrected chi connectivity index (χ1v) is 6.16. The molecule has 0 aliphatic heterocycles. The van der Waals surface area contributed by atoms with Gasteiger partial charge in [-0.1, -0.05) is 18.9 Å². The van der Waals surface area contributed by atoms with E-state index in [0.29, 0.717) is 13.0 Å². The van der Waals surface area contributed by atoms with Gasteiger partial charge in [0.25, 0.3) is 0 Å². The molecule has 1 amide bonds. The minimum Gasteiger partial charge on any atom is -0.464 e. The molecule has 0 radical (unpaired) electrons. The first kappa shape index (κ1) is 15.7. The van der Waals surface area contributed by atoms with E-state index in [1.807, 2.05) is 6.08 Å². The molecule has 98 valence electrons. The summed E-state index contributed by atoms with van der Waals surface area (Å²) in [5, 5.41) is 2.62. The second-order valence-corrected chi connectivity index (χ2v) is 3.93. The Labute approximate surface area is 103 Å². The van der Waals surface area contributed by atoms with Crippen LogP contribution in [-0.2, 0) is 14.3 Å². The minimum atomic E-state index is -0.504. The fourth-order valence-corrected chi connectivity index (χ4v) is 1.55. The Bertz CT molecular complexity index is 251. The van der Waals surface area contributed by atoms with E-state index in [1.165, 1.54) is 6.92 Å². The van der Waals surface area contributed by atoms with Gasteiger partial charge in [0, 0.05) is 6.92 Å². The number of hydrogen-bond acceptors (Lipinski definition) is 3. The van der Waals surface area contributed by atoms with E-state index in [4.69, 9.17) is 4.74 Å². The number of carbonyl (C=O) groups is 2. The molecule has 0 unspecified atom stereocenters. The number of rotatable bonds is 9. The van der Waals surface area contributed by atoms with Gasteiger partial charge in [-0.25, -0.2) is 4.79 Å². The van der Waals surface area contributed by atoms with Crippen molar-refractivity contribution in [3.8, 4) is 0 Å². The van der Waals surface area contributed by atoms with Gasteiger partial charge >= 0.3 is 5.97 Å². The monoisotopic (exact) mass is 241 g/mol. The standard InChI is InChI=1S/C13H23NO3/c1-4-6-7-8-9-10-12(14-11(3)15)13(16)17-5-2/h4,12H,1,5-10H2,2-3H3,(H,14,15)/t12-/m1/s1. The maximum atomic E-state index is 11.5. The summed E-state index contributed by atoms with van der Waals surface area (Å²) < 4.78 is 4.91. The van der Waals surface area contributed by atoms with Crippen LogP contribution in [0.25, 0.3) is 0 Å². The maximum absolute atomic E-state index is 11.5. The highest BCUT2D eigenvalue weighted by Crippen LogP contribution is 2.07. The van der Waals surface area contributed by atoms with Gasteiger partial charge in [-0.15, -0.1) is 6.58 Å². The summed E-state index contributed by atoms with van der Waals surface area (Å²) in [6.07, 6.45) is 6.51. The number of nitrogens with one attached hydrogen (secondary N) is 1. The molecule has 0 aliphatic rings. The lowest BCUT2D eigenvalue weighted by Gasteiger charge is -2.15. The van der Waals surface area contributed by atoms with Crippen LogP contribution in [0.3, 0.4) is 0 Å². The Morgan fingerprint density at radius 3 is 2.59 bits per heavy atom. The number of carbonyl (C=O) groups excluding carboxylic acids is 2. The smallest absolute Gasteiger partial charge is 0.328 e. The topological polar surface area (TPSA) is 55.4 Å². The highest BCUT2D eigenvalue weighted by molar-refractivity contribution is 5.83. The van der Waals surface area contributed by atoms with Gasteiger partial charge in [0.05, 0.1) is 6.61 Å². The third kappa shape index (κ3) is 8.48. The highest BCUT2D eigenvalue weighted by atomic mass is 16.5.